The Morgan fingerprint density at radius 2 is 2.15 bits per heavy atom. The zero-order valence-corrected chi connectivity index (χ0v) is 16.4. The van der Waals surface area contributed by atoms with Gasteiger partial charge in [0.15, 0.2) is 5.17 Å². The van der Waals surface area contributed by atoms with Crippen molar-refractivity contribution in [3.63, 3.8) is 0 Å². The lowest BCUT2D eigenvalue weighted by Crippen LogP contribution is -2.26. The molecule has 27 heavy (non-hydrogen) atoms. The van der Waals surface area contributed by atoms with Gasteiger partial charge >= 0.3 is 0 Å². The van der Waals surface area contributed by atoms with Crippen molar-refractivity contribution in [3.05, 3.63) is 53.1 Å². The van der Waals surface area contributed by atoms with Crippen molar-refractivity contribution < 1.29 is 9.13 Å². The smallest absolute Gasteiger partial charge is 0.177 e. The van der Waals surface area contributed by atoms with E-state index in [2.05, 4.69) is 40.0 Å². The highest BCUT2D eigenvalue weighted by atomic mass is 32.2. The average Bonchev–Trinajstić information content (AvgIpc) is 3.30. The summed E-state index contributed by atoms with van der Waals surface area (Å²) in [6.45, 7) is 5.67. The molecule has 0 radical (unpaired) electrons. The number of hydrogen-bond donors (Lipinski definition) is 1. The number of halogens is 1. The predicted molar refractivity (Wildman–Crippen MR) is 109 cm³/mol. The summed E-state index contributed by atoms with van der Waals surface area (Å²) in [5, 5.41) is 5.40. The first kappa shape index (κ1) is 18.3. The van der Waals surface area contributed by atoms with Gasteiger partial charge in [0.2, 0.25) is 0 Å². The van der Waals surface area contributed by atoms with Crippen LogP contribution in [0, 0.1) is 19.7 Å². The highest BCUT2D eigenvalue weighted by Gasteiger charge is 2.20. The third-order valence-electron chi connectivity index (χ3n) is 4.92. The molecule has 0 bridgehead atoms. The van der Waals surface area contributed by atoms with Gasteiger partial charge in [-0.3, -0.25) is 10.4 Å². The molecule has 1 unspecified atom stereocenters. The van der Waals surface area contributed by atoms with E-state index >= 15 is 0 Å². The van der Waals surface area contributed by atoms with Crippen LogP contribution in [0.15, 0.2) is 40.4 Å². The molecule has 1 aromatic heterocycles. The summed E-state index contributed by atoms with van der Waals surface area (Å²) < 4.78 is 21.0. The lowest BCUT2D eigenvalue weighted by atomic mass is 10.1. The lowest BCUT2D eigenvalue weighted by Gasteiger charge is -2.16. The molecule has 1 aromatic carbocycles. The maximum absolute atomic E-state index is 13.2. The van der Waals surface area contributed by atoms with Crippen LogP contribution in [0.1, 0.15) is 29.8 Å². The number of benzene rings is 1. The Morgan fingerprint density at radius 1 is 1.33 bits per heavy atom. The Hall–Kier alpha value is -2.12. The van der Waals surface area contributed by atoms with Crippen LogP contribution in [-0.4, -0.2) is 40.5 Å². The van der Waals surface area contributed by atoms with Crippen molar-refractivity contribution in [2.75, 3.05) is 18.9 Å². The Bertz CT molecular complexity index is 882. The minimum absolute atomic E-state index is 0.228. The minimum atomic E-state index is -0.228. The zero-order chi connectivity index (χ0) is 18.8. The van der Waals surface area contributed by atoms with Crippen LogP contribution in [0.4, 0.5) is 4.39 Å². The highest BCUT2D eigenvalue weighted by molar-refractivity contribution is 8.14. The van der Waals surface area contributed by atoms with Crippen molar-refractivity contribution in [2.45, 2.75) is 32.8 Å². The van der Waals surface area contributed by atoms with Gasteiger partial charge in [-0.2, -0.15) is 5.10 Å². The van der Waals surface area contributed by atoms with Crippen LogP contribution in [0.3, 0.4) is 0 Å². The standard InChI is InChI=1S/C20H23FN4OS/c1-13-10-18(14(2)25(13)16-7-5-15(21)6-8-16)19-12-27-20(24-23-19)22-11-17-4-3-9-26-17/h5-8,10,17H,3-4,9,11-12H2,1-2H3,(H,22,24). The minimum Gasteiger partial charge on any atom is -0.376 e. The highest BCUT2D eigenvalue weighted by Crippen LogP contribution is 2.24. The van der Waals surface area contributed by atoms with Gasteiger partial charge in [-0.15, -0.1) is 0 Å². The van der Waals surface area contributed by atoms with E-state index in [1.54, 1.807) is 23.9 Å². The summed E-state index contributed by atoms with van der Waals surface area (Å²) in [4.78, 5) is 4.59. The van der Waals surface area contributed by atoms with E-state index in [0.29, 0.717) is 6.54 Å². The van der Waals surface area contributed by atoms with Crippen molar-refractivity contribution in [1.82, 2.24) is 9.99 Å². The van der Waals surface area contributed by atoms with Crippen LogP contribution in [-0.2, 0) is 4.74 Å². The normalized spacial score (nSPS) is 21.4. The second-order valence-corrected chi connectivity index (χ2v) is 7.80. The molecule has 2 aliphatic rings. The van der Waals surface area contributed by atoms with Gasteiger partial charge < -0.3 is 9.30 Å². The number of aryl methyl sites for hydroxylation is 1. The molecule has 2 aromatic rings. The van der Waals surface area contributed by atoms with E-state index in [4.69, 9.17) is 4.74 Å². The number of nitrogens with one attached hydrogen (secondary N) is 1. The Kier molecular flexibility index (Phi) is 5.31. The first-order valence-electron chi connectivity index (χ1n) is 9.18. The molecule has 3 heterocycles. The Morgan fingerprint density at radius 3 is 2.81 bits per heavy atom. The van der Waals surface area contributed by atoms with Gasteiger partial charge in [-0.1, -0.05) is 11.8 Å². The van der Waals surface area contributed by atoms with E-state index < -0.39 is 0 Å². The second-order valence-electron chi connectivity index (χ2n) is 6.84. The number of hydrazone groups is 1. The second kappa shape index (κ2) is 7.86. The largest absolute Gasteiger partial charge is 0.376 e. The average molecular weight is 386 g/mol. The van der Waals surface area contributed by atoms with E-state index in [1.165, 1.54) is 12.1 Å². The number of nitrogens with zero attached hydrogens (tertiary/aromatic N) is 3. The summed E-state index contributed by atoms with van der Waals surface area (Å²) in [5.41, 5.74) is 8.33. The molecule has 7 heteroatoms. The van der Waals surface area contributed by atoms with Crippen LogP contribution in [0.2, 0.25) is 0 Å². The quantitative estimate of drug-likeness (QED) is 0.869. The van der Waals surface area contributed by atoms with Crippen molar-refractivity contribution >= 4 is 22.6 Å². The van der Waals surface area contributed by atoms with Crippen LogP contribution < -0.4 is 5.43 Å². The molecular weight excluding hydrogens is 363 g/mol. The number of ether oxygens (including phenoxy) is 1. The third-order valence-corrected chi connectivity index (χ3v) is 5.83. The number of rotatable bonds is 4. The number of amidine groups is 1. The van der Waals surface area contributed by atoms with Crippen molar-refractivity contribution in [2.24, 2.45) is 10.1 Å². The van der Waals surface area contributed by atoms with Gasteiger partial charge in [0.05, 0.1) is 18.4 Å². The molecule has 0 saturated carbocycles. The van der Waals surface area contributed by atoms with E-state index in [0.717, 1.165) is 58.7 Å². The van der Waals surface area contributed by atoms with Crippen LogP contribution in [0.5, 0.6) is 0 Å². The SMILES string of the molecule is Cc1cc(C2=NNC(=NCC3CCCO3)SC2)c(C)n1-c1ccc(F)cc1. The molecule has 1 N–H and O–H groups in total. The Labute approximate surface area is 162 Å². The van der Waals surface area contributed by atoms with Crippen molar-refractivity contribution in [3.8, 4) is 5.69 Å². The first-order valence-corrected chi connectivity index (χ1v) is 10.2. The lowest BCUT2D eigenvalue weighted by molar-refractivity contribution is 0.118. The fraction of sp³-hybridized carbons (Fsp3) is 0.400. The van der Waals surface area contributed by atoms with Gasteiger partial charge in [0.1, 0.15) is 5.82 Å². The molecule has 1 saturated heterocycles. The number of aromatic nitrogens is 1. The van der Waals surface area contributed by atoms with E-state index in [9.17, 15) is 4.39 Å². The molecule has 0 aliphatic carbocycles. The van der Waals surface area contributed by atoms with E-state index in [-0.39, 0.29) is 11.9 Å². The molecule has 2 aliphatic heterocycles. The van der Waals surface area contributed by atoms with Gasteiger partial charge in [-0.05, 0) is 57.0 Å². The maximum Gasteiger partial charge on any atom is 0.177 e. The molecule has 1 fully saturated rings. The topological polar surface area (TPSA) is 50.9 Å². The van der Waals surface area contributed by atoms with Crippen LogP contribution >= 0.6 is 11.8 Å². The molecule has 1 atom stereocenters. The zero-order valence-electron chi connectivity index (χ0n) is 15.5. The predicted octanol–water partition coefficient (Wildman–Crippen LogP) is 3.81. The van der Waals surface area contributed by atoms with Crippen LogP contribution in [0.25, 0.3) is 5.69 Å². The van der Waals surface area contributed by atoms with Gasteiger partial charge in [0, 0.05) is 35.0 Å². The molecule has 142 valence electrons. The molecule has 4 rings (SSSR count). The fourth-order valence-corrected chi connectivity index (χ4v) is 4.32. The monoisotopic (exact) mass is 386 g/mol. The summed E-state index contributed by atoms with van der Waals surface area (Å²) in [5.74, 6) is 0.541. The number of thioether (sulfide) groups is 1. The molecule has 5 nitrogen and oxygen atoms in total. The number of hydrogen-bond acceptors (Lipinski definition) is 4. The summed E-state index contributed by atoms with van der Waals surface area (Å²) in [6, 6.07) is 8.70. The van der Waals surface area contributed by atoms with Gasteiger partial charge in [-0.25, -0.2) is 4.39 Å². The molecule has 0 amide bonds. The van der Waals surface area contributed by atoms with E-state index in [1.807, 2.05) is 0 Å². The maximum atomic E-state index is 13.2. The third kappa shape index (κ3) is 3.94. The van der Waals surface area contributed by atoms with Crippen molar-refractivity contribution in [1.29, 1.82) is 0 Å². The molecular formula is C20H23FN4OS. The molecule has 0 spiro atoms. The first-order chi connectivity index (χ1) is 13.1. The number of aliphatic imine (C=N–C) groups is 1. The fourth-order valence-electron chi connectivity index (χ4n) is 3.55. The summed E-state index contributed by atoms with van der Waals surface area (Å²) >= 11 is 1.66. The summed E-state index contributed by atoms with van der Waals surface area (Å²) in [6.07, 6.45) is 2.47. The summed E-state index contributed by atoms with van der Waals surface area (Å²) in [7, 11) is 0. The Balaban J connectivity index is 1.51. The van der Waals surface area contributed by atoms with Gasteiger partial charge in [0.25, 0.3) is 0 Å².